The lowest BCUT2D eigenvalue weighted by molar-refractivity contribution is -0.146. The highest BCUT2D eigenvalue weighted by atomic mass is 32.2. The van der Waals surface area contributed by atoms with Crippen LogP contribution < -0.4 is 0 Å². The molecule has 1 amide bonds. The zero-order valence-corrected chi connectivity index (χ0v) is 12.6. The van der Waals surface area contributed by atoms with Crippen LogP contribution in [0.15, 0.2) is 0 Å². The molecule has 18 heavy (non-hydrogen) atoms. The first-order valence-electron chi connectivity index (χ1n) is 5.80. The molecule has 1 atom stereocenters. The monoisotopic (exact) mass is 275 g/mol. The molecule has 0 aromatic heterocycles. The molecule has 0 aromatic carbocycles. The Labute approximate surface area is 112 Å². The van der Waals surface area contributed by atoms with Crippen molar-refractivity contribution in [3.63, 3.8) is 0 Å². The number of carbonyl (C=O) groups excluding carboxylic acids is 2. The van der Waals surface area contributed by atoms with E-state index in [9.17, 15) is 9.59 Å². The number of hydrogen-bond donors (Lipinski definition) is 0. The van der Waals surface area contributed by atoms with Crippen LogP contribution in [-0.4, -0.2) is 46.3 Å². The second kappa shape index (κ2) is 4.99. The summed E-state index contributed by atoms with van der Waals surface area (Å²) in [5.41, 5.74) is -0.574. The van der Waals surface area contributed by atoms with Crippen molar-refractivity contribution in [2.45, 2.75) is 51.0 Å². The molecule has 0 spiro atoms. The summed E-state index contributed by atoms with van der Waals surface area (Å²) in [5.74, 6) is 0.0256. The fourth-order valence-corrected chi connectivity index (χ4v) is 2.87. The maximum absolute atomic E-state index is 12.1. The van der Waals surface area contributed by atoms with E-state index in [0.717, 1.165) is 0 Å². The van der Waals surface area contributed by atoms with E-state index < -0.39 is 23.7 Å². The van der Waals surface area contributed by atoms with Gasteiger partial charge in [0.1, 0.15) is 11.6 Å². The van der Waals surface area contributed by atoms with Crippen LogP contribution in [0.5, 0.6) is 0 Å². The van der Waals surface area contributed by atoms with E-state index in [0.29, 0.717) is 5.88 Å². The molecular weight excluding hydrogens is 254 g/mol. The number of amides is 1. The van der Waals surface area contributed by atoms with Gasteiger partial charge < -0.3 is 9.47 Å². The van der Waals surface area contributed by atoms with Gasteiger partial charge in [-0.2, -0.15) is 0 Å². The highest BCUT2D eigenvalue weighted by Gasteiger charge is 2.49. The van der Waals surface area contributed by atoms with Gasteiger partial charge in [0.05, 0.1) is 13.0 Å². The lowest BCUT2D eigenvalue weighted by Crippen LogP contribution is -2.50. The third-order valence-electron chi connectivity index (χ3n) is 2.60. The summed E-state index contributed by atoms with van der Waals surface area (Å²) in [6, 6.07) is -0.609. The Hall–Kier alpha value is -0.910. The first-order chi connectivity index (χ1) is 8.08. The number of thioether (sulfide) groups is 1. The quantitative estimate of drug-likeness (QED) is 0.687. The number of ether oxygens (including phenoxy) is 2. The van der Waals surface area contributed by atoms with Gasteiger partial charge in [-0.1, -0.05) is 0 Å². The van der Waals surface area contributed by atoms with Gasteiger partial charge in [-0.25, -0.2) is 9.59 Å². The molecule has 0 saturated carbocycles. The van der Waals surface area contributed by atoms with Crippen molar-refractivity contribution in [2.24, 2.45) is 0 Å². The molecule has 1 fully saturated rings. The lowest BCUT2D eigenvalue weighted by atomic mass is 10.0. The van der Waals surface area contributed by atoms with E-state index in [1.165, 1.54) is 23.8 Å². The van der Waals surface area contributed by atoms with Crippen LogP contribution in [0.1, 0.15) is 34.6 Å². The maximum Gasteiger partial charge on any atom is 0.411 e. The van der Waals surface area contributed by atoms with Gasteiger partial charge in [-0.15, -0.1) is 11.8 Å². The molecule has 1 aliphatic rings. The first kappa shape index (κ1) is 15.1. The lowest BCUT2D eigenvalue weighted by Gasteiger charge is -2.30. The van der Waals surface area contributed by atoms with E-state index in [1.807, 2.05) is 13.8 Å². The van der Waals surface area contributed by atoms with E-state index in [2.05, 4.69) is 0 Å². The Morgan fingerprint density at radius 1 is 1.33 bits per heavy atom. The van der Waals surface area contributed by atoms with Crippen LogP contribution in [0.2, 0.25) is 0 Å². The summed E-state index contributed by atoms with van der Waals surface area (Å²) in [5, 5.41) is 0. The summed E-state index contributed by atoms with van der Waals surface area (Å²) in [6.07, 6.45) is -0.476. The zero-order chi connectivity index (χ0) is 14.1. The van der Waals surface area contributed by atoms with Gasteiger partial charge in [0.15, 0.2) is 0 Å². The number of methoxy groups -OCH3 is 1. The number of esters is 1. The first-order valence-corrected chi connectivity index (χ1v) is 6.78. The molecule has 1 rings (SSSR count). The third-order valence-corrected chi connectivity index (χ3v) is 3.97. The Kier molecular flexibility index (Phi) is 4.20. The fraction of sp³-hybridized carbons (Fsp3) is 0.833. The van der Waals surface area contributed by atoms with Gasteiger partial charge >= 0.3 is 12.1 Å². The van der Waals surface area contributed by atoms with Crippen LogP contribution in [-0.2, 0) is 14.3 Å². The average Bonchev–Trinajstić information content (AvgIpc) is 2.50. The zero-order valence-electron chi connectivity index (χ0n) is 11.8. The van der Waals surface area contributed by atoms with E-state index in [1.54, 1.807) is 20.8 Å². The van der Waals surface area contributed by atoms with E-state index in [-0.39, 0.29) is 4.75 Å². The fourth-order valence-electron chi connectivity index (χ4n) is 1.77. The molecule has 1 aliphatic heterocycles. The Morgan fingerprint density at radius 2 is 1.89 bits per heavy atom. The summed E-state index contributed by atoms with van der Waals surface area (Å²) in [4.78, 5) is 25.3. The summed E-state index contributed by atoms with van der Waals surface area (Å²) in [7, 11) is 1.33. The molecule has 0 N–H and O–H groups in total. The van der Waals surface area contributed by atoms with E-state index >= 15 is 0 Å². The minimum absolute atomic E-state index is 0.371. The molecule has 1 saturated heterocycles. The average molecular weight is 275 g/mol. The minimum Gasteiger partial charge on any atom is -0.467 e. The van der Waals surface area contributed by atoms with Crippen molar-refractivity contribution in [3.05, 3.63) is 0 Å². The Balaban J connectivity index is 2.88. The number of carbonyl (C=O) groups is 2. The van der Waals surface area contributed by atoms with Gasteiger partial charge in [0, 0.05) is 4.75 Å². The Morgan fingerprint density at radius 3 is 2.33 bits per heavy atom. The third kappa shape index (κ3) is 3.31. The van der Waals surface area contributed by atoms with Crippen molar-refractivity contribution in [3.8, 4) is 0 Å². The maximum atomic E-state index is 12.1. The second-order valence-corrected chi connectivity index (χ2v) is 7.35. The summed E-state index contributed by atoms with van der Waals surface area (Å²) in [6.45, 7) is 9.23. The second-order valence-electron chi connectivity index (χ2n) is 5.75. The smallest absolute Gasteiger partial charge is 0.411 e. The van der Waals surface area contributed by atoms with Gasteiger partial charge in [0.25, 0.3) is 0 Å². The molecule has 104 valence electrons. The highest BCUT2D eigenvalue weighted by molar-refractivity contribution is 8.00. The van der Waals surface area contributed by atoms with Crippen molar-refractivity contribution in [2.75, 3.05) is 13.0 Å². The Bertz CT molecular complexity index is 348. The largest absolute Gasteiger partial charge is 0.467 e. The minimum atomic E-state index is -0.609. The molecule has 0 aliphatic carbocycles. The normalized spacial score (nSPS) is 22.8. The van der Waals surface area contributed by atoms with Crippen molar-refractivity contribution >= 4 is 23.8 Å². The van der Waals surface area contributed by atoms with Crippen molar-refractivity contribution < 1.29 is 19.1 Å². The highest BCUT2D eigenvalue weighted by Crippen LogP contribution is 2.40. The number of hydrogen-bond acceptors (Lipinski definition) is 5. The van der Waals surface area contributed by atoms with Crippen LogP contribution in [0.25, 0.3) is 0 Å². The predicted molar refractivity (Wildman–Crippen MR) is 70.4 cm³/mol. The predicted octanol–water partition coefficient (Wildman–Crippen LogP) is 2.25. The van der Waals surface area contributed by atoms with Crippen LogP contribution in [0, 0.1) is 0 Å². The molecule has 1 unspecified atom stereocenters. The molecular formula is C12H21NO4S. The number of nitrogens with zero attached hydrogens (tertiary/aromatic N) is 1. The molecule has 6 heteroatoms. The topological polar surface area (TPSA) is 55.8 Å². The van der Waals surface area contributed by atoms with Crippen LogP contribution in [0.4, 0.5) is 4.79 Å². The molecule has 0 aromatic rings. The SMILES string of the molecule is COC(=O)C1N(C(=O)OC(C)(C)C)CSC1(C)C. The van der Waals surface area contributed by atoms with Gasteiger partial charge in [-0.05, 0) is 34.6 Å². The van der Waals surface area contributed by atoms with Crippen molar-refractivity contribution in [1.82, 2.24) is 4.90 Å². The van der Waals surface area contributed by atoms with E-state index in [4.69, 9.17) is 9.47 Å². The summed E-state index contributed by atoms with van der Waals surface area (Å²) >= 11 is 1.54. The summed E-state index contributed by atoms with van der Waals surface area (Å²) < 4.78 is 9.71. The van der Waals surface area contributed by atoms with Gasteiger partial charge in [0.2, 0.25) is 0 Å². The molecule has 0 radical (unpaired) electrons. The number of rotatable bonds is 1. The standard InChI is InChI=1S/C12H21NO4S/c1-11(2,3)17-10(15)13-7-18-12(4,5)8(13)9(14)16-6/h8H,7H2,1-6H3. The van der Waals surface area contributed by atoms with Crippen LogP contribution >= 0.6 is 11.8 Å². The van der Waals surface area contributed by atoms with Crippen molar-refractivity contribution in [1.29, 1.82) is 0 Å². The molecule has 0 bridgehead atoms. The van der Waals surface area contributed by atoms with Crippen LogP contribution in [0.3, 0.4) is 0 Å². The van der Waals surface area contributed by atoms with Gasteiger partial charge in [-0.3, -0.25) is 4.90 Å². The molecule has 5 nitrogen and oxygen atoms in total. The molecule has 1 heterocycles.